The summed E-state index contributed by atoms with van der Waals surface area (Å²) in [5.74, 6) is -0.346. The third-order valence-corrected chi connectivity index (χ3v) is 5.20. The second-order valence-corrected chi connectivity index (χ2v) is 7.19. The zero-order valence-electron chi connectivity index (χ0n) is 16.2. The molecular weight excluding hydrogens is 345 g/mol. The van der Waals surface area contributed by atoms with E-state index in [4.69, 9.17) is 4.74 Å². The van der Waals surface area contributed by atoms with E-state index in [1.54, 1.807) is 18.2 Å². The Morgan fingerprint density at radius 3 is 2.78 bits per heavy atom. The average molecular weight is 375 g/mol. The maximum atomic E-state index is 14.0. The van der Waals surface area contributed by atoms with E-state index in [1.165, 1.54) is 18.9 Å². The Bertz CT molecular complexity index is 740. The Morgan fingerprint density at radius 1 is 1.22 bits per heavy atom. The number of ether oxygens (including phenoxy) is 1. The van der Waals surface area contributed by atoms with Crippen molar-refractivity contribution in [3.63, 3.8) is 0 Å². The van der Waals surface area contributed by atoms with Crippen LogP contribution in [0, 0.1) is 5.82 Å². The summed E-state index contributed by atoms with van der Waals surface area (Å²) in [6.45, 7) is 7.78. The highest BCUT2D eigenvalue weighted by molar-refractivity contribution is 5.98. The second-order valence-electron chi connectivity index (χ2n) is 7.19. The molecule has 1 fully saturated rings. The molecular formula is C21H30FN3O2. The first-order valence-electron chi connectivity index (χ1n) is 10.1. The number of nitrogens with one attached hydrogen (secondary N) is 1. The molecule has 27 heavy (non-hydrogen) atoms. The van der Waals surface area contributed by atoms with Crippen molar-refractivity contribution in [2.75, 3.05) is 45.9 Å². The summed E-state index contributed by atoms with van der Waals surface area (Å²) in [7, 11) is 0. The first-order valence-corrected chi connectivity index (χ1v) is 10.1. The van der Waals surface area contributed by atoms with Crippen LogP contribution in [0.25, 0.3) is 10.9 Å². The van der Waals surface area contributed by atoms with E-state index in [-0.39, 0.29) is 11.7 Å². The number of H-pyrrole nitrogens is 1. The molecule has 1 N–H and O–H groups in total. The number of amides is 1. The largest absolute Gasteiger partial charge is 0.379 e. The SMILES string of the molecule is CCCCCCN(CCN1CCOCC1)C(=O)c1cc2c(F)cccc2[nH]1. The lowest BCUT2D eigenvalue weighted by Gasteiger charge is -2.30. The standard InChI is InChI=1S/C21H30FN3O2/c1-2-3-4-5-9-25(11-10-24-12-14-27-15-13-24)21(26)20-16-17-18(22)7-6-8-19(17)23-20/h6-8,16,23H,2-5,9-15H2,1H3. The predicted octanol–water partition coefficient (Wildman–Crippen LogP) is 3.66. The topological polar surface area (TPSA) is 48.6 Å². The van der Waals surface area contributed by atoms with E-state index in [1.807, 2.05) is 4.90 Å². The van der Waals surface area contributed by atoms with Crippen LogP contribution in [0.2, 0.25) is 0 Å². The van der Waals surface area contributed by atoms with E-state index in [0.717, 1.165) is 52.2 Å². The van der Waals surface area contributed by atoms with Gasteiger partial charge in [-0.15, -0.1) is 0 Å². The van der Waals surface area contributed by atoms with Gasteiger partial charge in [0.1, 0.15) is 11.5 Å². The molecule has 0 atom stereocenters. The first kappa shape index (κ1) is 19.8. The Kier molecular flexibility index (Phi) is 7.24. The molecule has 1 amide bonds. The quantitative estimate of drug-likeness (QED) is 0.681. The van der Waals surface area contributed by atoms with Crippen molar-refractivity contribution in [2.45, 2.75) is 32.6 Å². The fourth-order valence-corrected chi connectivity index (χ4v) is 3.54. The Morgan fingerprint density at radius 2 is 2.04 bits per heavy atom. The van der Waals surface area contributed by atoms with Crippen LogP contribution in [0.3, 0.4) is 0 Å². The normalized spacial score (nSPS) is 15.3. The van der Waals surface area contributed by atoms with Gasteiger partial charge in [-0.1, -0.05) is 32.3 Å². The van der Waals surface area contributed by atoms with Crippen LogP contribution in [0.5, 0.6) is 0 Å². The molecule has 2 heterocycles. The molecule has 6 heteroatoms. The molecule has 1 aliphatic heterocycles. The van der Waals surface area contributed by atoms with Crippen molar-refractivity contribution in [2.24, 2.45) is 0 Å². The third kappa shape index (κ3) is 5.30. The Labute approximate surface area is 160 Å². The number of nitrogens with zero attached hydrogens (tertiary/aromatic N) is 2. The Balaban J connectivity index is 1.68. The second kappa shape index (κ2) is 9.85. The highest BCUT2D eigenvalue weighted by Gasteiger charge is 2.20. The number of halogens is 1. The highest BCUT2D eigenvalue weighted by Crippen LogP contribution is 2.20. The molecule has 3 rings (SSSR count). The lowest BCUT2D eigenvalue weighted by atomic mass is 10.2. The van der Waals surface area contributed by atoms with Gasteiger partial charge in [0.2, 0.25) is 0 Å². The first-order chi connectivity index (χ1) is 13.2. The molecule has 0 unspecified atom stereocenters. The fourth-order valence-electron chi connectivity index (χ4n) is 3.54. The summed E-state index contributed by atoms with van der Waals surface area (Å²) in [6.07, 6.45) is 4.47. The van der Waals surface area contributed by atoms with Crippen LogP contribution in [0.1, 0.15) is 43.1 Å². The van der Waals surface area contributed by atoms with Crippen LogP contribution in [-0.2, 0) is 4.74 Å². The molecule has 0 radical (unpaired) electrons. The third-order valence-electron chi connectivity index (χ3n) is 5.20. The van der Waals surface area contributed by atoms with Crippen LogP contribution in [0.4, 0.5) is 4.39 Å². The summed E-state index contributed by atoms with van der Waals surface area (Å²) >= 11 is 0. The van der Waals surface area contributed by atoms with Crippen molar-refractivity contribution in [3.05, 3.63) is 35.8 Å². The minimum Gasteiger partial charge on any atom is -0.379 e. The summed E-state index contributed by atoms with van der Waals surface area (Å²) in [5.41, 5.74) is 1.13. The van der Waals surface area contributed by atoms with Gasteiger partial charge in [-0.05, 0) is 24.6 Å². The van der Waals surface area contributed by atoms with Crippen LogP contribution >= 0.6 is 0 Å². The van der Waals surface area contributed by atoms with E-state index in [2.05, 4.69) is 16.8 Å². The average Bonchev–Trinajstić information content (AvgIpc) is 3.13. The number of hydrogen-bond acceptors (Lipinski definition) is 3. The van der Waals surface area contributed by atoms with Crippen molar-refractivity contribution in [1.29, 1.82) is 0 Å². The van der Waals surface area contributed by atoms with Crippen molar-refractivity contribution < 1.29 is 13.9 Å². The molecule has 0 bridgehead atoms. The maximum absolute atomic E-state index is 14.0. The minimum atomic E-state index is -0.300. The van der Waals surface area contributed by atoms with Crippen molar-refractivity contribution in [3.8, 4) is 0 Å². The number of aromatic amines is 1. The summed E-state index contributed by atoms with van der Waals surface area (Å²) < 4.78 is 19.4. The lowest BCUT2D eigenvalue weighted by molar-refractivity contribution is 0.0323. The van der Waals surface area contributed by atoms with Crippen LogP contribution in [-0.4, -0.2) is 66.6 Å². The number of morpholine rings is 1. The molecule has 1 aliphatic rings. The monoisotopic (exact) mass is 375 g/mol. The molecule has 5 nitrogen and oxygen atoms in total. The van der Waals surface area contributed by atoms with Gasteiger partial charge in [0.25, 0.3) is 5.91 Å². The summed E-state index contributed by atoms with van der Waals surface area (Å²) in [5, 5.41) is 0.472. The highest BCUT2D eigenvalue weighted by atomic mass is 19.1. The molecule has 1 saturated heterocycles. The van der Waals surface area contributed by atoms with Gasteiger partial charge in [0.05, 0.1) is 13.2 Å². The minimum absolute atomic E-state index is 0.0460. The molecule has 2 aromatic rings. The zero-order valence-corrected chi connectivity index (χ0v) is 16.2. The van der Waals surface area contributed by atoms with Crippen molar-refractivity contribution in [1.82, 2.24) is 14.8 Å². The van der Waals surface area contributed by atoms with Gasteiger partial charge in [0.15, 0.2) is 0 Å². The van der Waals surface area contributed by atoms with Gasteiger partial charge in [-0.3, -0.25) is 9.69 Å². The number of unbranched alkanes of at least 4 members (excludes halogenated alkanes) is 3. The maximum Gasteiger partial charge on any atom is 0.270 e. The number of carbonyl (C=O) groups excluding carboxylic acids is 1. The number of rotatable bonds is 9. The number of aromatic nitrogens is 1. The molecule has 0 saturated carbocycles. The molecule has 0 aliphatic carbocycles. The number of fused-ring (bicyclic) bond motifs is 1. The van der Waals surface area contributed by atoms with Gasteiger partial charge < -0.3 is 14.6 Å². The summed E-state index contributed by atoms with van der Waals surface area (Å²) in [4.78, 5) is 20.4. The van der Waals surface area contributed by atoms with E-state index in [9.17, 15) is 9.18 Å². The van der Waals surface area contributed by atoms with Gasteiger partial charge in [-0.25, -0.2) is 4.39 Å². The molecule has 0 spiro atoms. The fraction of sp³-hybridized carbons (Fsp3) is 0.571. The number of carbonyl (C=O) groups is 1. The van der Waals surface area contributed by atoms with Crippen molar-refractivity contribution >= 4 is 16.8 Å². The van der Waals surface area contributed by atoms with E-state index < -0.39 is 0 Å². The van der Waals surface area contributed by atoms with E-state index in [0.29, 0.717) is 23.1 Å². The molecule has 148 valence electrons. The van der Waals surface area contributed by atoms with Crippen LogP contribution in [0.15, 0.2) is 24.3 Å². The predicted molar refractivity (Wildman–Crippen MR) is 106 cm³/mol. The molecule has 1 aromatic heterocycles. The molecule has 1 aromatic carbocycles. The smallest absolute Gasteiger partial charge is 0.270 e. The van der Waals surface area contributed by atoms with Crippen LogP contribution < -0.4 is 0 Å². The van der Waals surface area contributed by atoms with Gasteiger partial charge in [-0.2, -0.15) is 0 Å². The number of hydrogen-bond donors (Lipinski definition) is 1. The zero-order chi connectivity index (χ0) is 19.1. The van der Waals surface area contributed by atoms with Gasteiger partial charge in [0, 0.05) is 43.6 Å². The summed E-state index contributed by atoms with van der Waals surface area (Å²) in [6, 6.07) is 6.52. The Hall–Kier alpha value is -1.92. The number of benzene rings is 1. The van der Waals surface area contributed by atoms with E-state index >= 15 is 0 Å². The lowest BCUT2D eigenvalue weighted by Crippen LogP contribution is -2.43. The van der Waals surface area contributed by atoms with Gasteiger partial charge >= 0.3 is 0 Å².